The fraction of sp³-hybridized carbons (Fsp3) is 0.429. The zero-order chi connectivity index (χ0) is 13.9. The number of carbonyl (C=O) groups excluding carboxylic acids is 1. The van der Waals surface area contributed by atoms with Gasteiger partial charge in [-0.15, -0.1) is 11.3 Å². The highest BCUT2D eigenvalue weighted by Gasteiger charge is 2.25. The minimum absolute atomic E-state index is 0.344. The first-order valence-electron chi connectivity index (χ1n) is 6.79. The molecule has 3 rings (SSSR count). The van der Waals surface area contributed by atoms with Crippen molar-refractivity contribution in [2.45, 2.75) is 32.0 Å². The van der Waals surface area contributed by atoms with Crippen LogP contribution in [-0.2, 0) is 13.1 Å². The van der Waals surface area contributed by atoms with Gasteiger partial charge in [0.1, 0.15) is 0 Å². The Bertz CT molecular complexity index is 578. The molecule has 2 N–H and O–H groups in total. The summed E-state index contributed by atoms with van der Waals surface area (Å²) in [5, 5.41) is 1.85. The lowest BCUT2D eigenvalue weighted by molar-refractivity contribution is 0.100. The Morgan fingerprint density at radius 3 is 3.15 bits per heavy atom. The van der Waals surface area contributed by atoms with E-state index >= 15 is 0 Å². The highest BCUT2D eigenvalue weighted by atomic mass is 32.1. The number of aromatic nitrogens is 2. The molecule has 0 saturated carbocycles. The molecule has 0 radical (unpaired) electrons. The largest absolute Gasteiger partial charge is 0.366 e. The Morgan fingerprint density at radius 1 is 1.55 bits per heavy atom. The predicted octanol–water partition coefficient (Wildman–Crippen LogP) is 1.71. The van der Waals surface area contributed by atoms with E-state index in [1.807, 2.05) is 30.2 Å². The van der Waals surface area contributed by atoms with Gasteiger partial charge in [0.15, 0.2) is 0 Å². The predicted molar refractivity (Wildman–Crippen MR) is 78.5 cm³/mol. The number of hydrogen-bond acceptors (Lipinski definition) is 4. The minimum Gasteiger partial charge on any atom is -0.366 e. The van der Waals surface area contributed by atoms with E-state index in [4.69, 9.17) is 5.73 Å². The summed E-state index contributed by atoms with van der Waals surface area (Å²) >= 11 is 1.61. The van der Waals surface area contributed by atoms with Gasteiger partial charge < -0.3 is 10.3 Å². The van der Waals surface area contributed by atoms with E-state index in [0.717, 1.165) is 19.6 Å². The smallest absolute Gasteiger partial charge is 0.249 e. The summed E-state index contributed by atoms with van der Waals surface area (Å²) in [6.45, 7) is 2.99. The van der Waals surface area contributed by atoms with E-state index in [1.54, 1.807) is 11.3 Å². The van der Waals surface area contributed by atoms with Crippen LogP contribution in [0.4, 0.5) is 0 Å². The molecule has 2 aromatic rings. The number of hydrogen-bond donors (Lipinski definition) is 1. The van der Waals surface area contributed by atoms with Crippen LogP contribution in [0, 0.1) is 0 Å². The molecule has 1 fully saturated rings. The van der Waals surface area contributed by atoms with Gasteiger partial charge in [-0.05, 0) is 25.5 Å². The van der Waals surface area contributed by atoms with Crippen molar-refractivity contribution in [3.8, 4) is 0 Å². The summed E-state index contributed by atoms with van der Waals surface area (Å²) in [7, 11) is 0. The first-order valence-corrected chi connectivity index (χ1v) is 7.67. The Hall–Kier alpha value is -1.66. The maximum Gasteiger partial charge on any atom is 0.249 e. The molecule has 2 aromatic heterocycles. The molecular formula is C14H18N4OS. The quantitative estimate of drug-likeness (QED) is 0.911. The molecule has 1 aliphatic rings. The molecule has 1 saturated heterocycles. The number of thiophene rings is 1. The van der Waals surface area contributed by atoms with Crippen LogP contribution in [0.1, 0.15) is 28.1 Å². The third-order valence-corrected chi connectivity index (χ3v) is 4.70. The number of primary amides is 1. The second kappa shape index (κ2) is 5.76. The number of nitrogens with two attached hydrogens (primary N) is 1. The Morgan fingerprint density at radius 2 is 2.45 bits per heavy atom. The standard InChI is InChI=1S/C14H18N4OS/c15-14(19)11-6-13(20-9-11)8-18-4-1-2-12(18)7-17-5-3-16-10-17/h3,5-6,9-10,12H,1-2,4,7-8H2,(H2,15,19)/t12-/m1/s1. The molecule has 20 heavy (non-hydrogen) atoms. The Balaban J connectivity index is 1.64. The Kier molecular flexibility index (Phi) is 3.84. The normalized spacial score (nSPS) is 19.5. The van der Waals surface area contributed by atoms with Crippen molar-refractivity contribution in [3.63, 3.8) is 0 Å². The van der Waals surface area contributed by atoms with Crippen LogP contribution in [0.25, 0.3) is 0 Å². The molecule has 0 aromatic carbocycles. The molecule has 0 spiro atoms. The maximum atomic E-state index is 11.1. The maximum absolute atomic E-state index is 11.1. The SMILES string of the molecule is NC(=O)c1csc(CN2CCC[C@@H]2Cn2ccnc2)c1. The van der Waals surface area contributed by atoms with Crippen LogP contribution in [0.5, 0.6) is 0 Å². The van der Waals surface area contributed by atoms with Crippen LogP contribution < -0.4 is 5.73 Å². The van der Waals surface area contributed by atoms with E-state index in [9.17, 15) is 4.79 Å². The lowest BCUT2D eigenvalue weighted by Gasteiger charge is -2.24. The fourth-order valence-corrected chi connectivity index (χ4v) is 3.64. The Labute approximate surface area is 122 Å². The van der Waals surface area contributed by atoms with E-state index in [0.29, 0.717) is 11.6 Å². The van der Waals surface area contributed by atoms with Gasteiger partial charge >= 0.3 is 0 Å². The van der Waals surface area contributed by atoms with Crippen LogP contribution >= 0.6 is 11.3 Å². The lowest BCUT2D eigenvalue weighted by Crippen LogP contribution is -2.32. The number of imidazole rings is 1. The van der Waals surface area contributed by atoms with Crippen LogP contribution in [0.3, 0.4) is 0 Å². The number of rotatable bonds is 5. The highest BCUT2D eigenvalue weighted by Crippen LogP contribution is 2.24. The van der Waals surface area contributed by atoms with E-state index in [1.165, 1.54) is 17.7 Å². The molecule has 1 atom stereocenters. The van der Waals surface area contributed by atoms with Gasteiger partial charge in [-0.25, -0.2) is 4.98 Å². The van der Waals surface area contributed by atoms with E-state index in [-0.39, 0.29) is 5.91 Å². The van der Waals surface area contributed by atoms with Crippen LogP contribution in [0.15, 0.2) is 30.2 Å². The molecule has 1 amide bonds. The van der Waals surface area contributed by atoms with Crippen molar-refractivity contribution in [3.05, 3.63) is 40.6 Å². The number of likely N-dealkylation sites (tertiary alicyclic amines) is 1. The lowest BCUT2D eigenvalue weighted by atomic mass is 10.2. The topological polar surface area (TPSA) is 64.2 Å². The van der Waals surface area contributed by atoms with Gasteiger partial charge in [0, 0.05) is 41.8 Å². The van der Waals surface area contributed by atoms with Gasteiger partial charge in [0.25, 0.3) is 0 Å². The summed E-state index contributed by atoms with van der Waals surface area (Å²) in [4.78, 5) is 18.9. The van der Waals surface area contributed by atoms with Crippen molar-refractivity contribution in [2.24, 2.45) is 5.73 Å². The molecule has 5 nitrogen and oxygen atoms in total. The second-order valence-corrected chi connectivity index (χ2v) is 6.19. The van der Waals surface area contributed by atoms with Gasteiger partial charge in [-0.2, -0.15) is 0 Å². The van der Waals surface area contributed by atoms with E-state index in [2.05, 4.69) is 14.5 Å². The van der Waals surface area contributed by atoms with E-state index < -0.39 is 0 Å². The molecular weight excluding hydrogens is 272 g/mol. The molecule has 3 heterocycles. The molecule has 0 aliphatic carbocycles. The van der Waals surface area contributed by atoms with Crippen molar-refractivity contribution >= 4 is 17.2 Å². The van der Waals surface area contributed by atoms with Crippen LogP contribution in [0.2, 0.25) is 0 Å². The summed E-state index contributed by atoms with van der Waals surface area (Å²) in [5.41, 5.74) is 5.92. The molecule has 0 bridgehead atoms. The van der Waals surface area contributed by atoms with Crippen LogP contribution in [-0.4, -0.2) is 32.9 Å². The monoisotopic (exact) mass is 290 g/mol. The average Bonchev–Trinajstić information content (AvgIpc) is 3.13. The van der Waals surface area contributed by atoms with Crippen molar-refractivity contribution in [1.82, 2.24) is 14.5 Å². The highest BCUT2D eigenvalue weighted by molar-refractivity contribution is 7.10. The van der Waals surface area contributed by atoms with Gasteiger partial charge in [0.05, 0.1) is 11.9 Å². The summed E-state index contributed by atoms with van der Waals surface area (Å²) in [6.07, 6.45) is 8.14. The second-order valence-electron chi connectivity index (χ2n) is 5.19. The zero-order valence-corrected chi connectivity index (χ0v) is 12.1. The molecule has 1 aliphatic heterocycles. The van der Waals surface area contributed by atoms with Gasteiger partial charge in [0.2, 0.25) is 5.91 Å². The van der Waals surface area contributed by atoms with Gasteiger partial charge in [-0.1, -0.05) is 0 Å². The first kappa shape index (κ1) is 13.3. The molecule has 6 heteroatoms. The first-order chi connectivity index (χ1) is 9.72. The van der Waals surface area contributed by atoms with Crippen molar-refractivity contribution in [1.29, 1.82) is 0 Å². The number of carbonyl (C=O) groups is 1. The summed E-state index contributed by atoms with van der Waals surface area (Å²) in [6, 6.07) is 2.46. The molecule has 0 unspecified atom stereocenters. The summed E-state index contributed by atoms with van der Waals surface area (Å²) < 4.78 is 2.13. The number of nitrogens with zero attached hydrogens (tertiary/aromatic N) is 3. The zero-order valence-electron chi connectivity index (χ0n) is 11.2. The molecule has 106 valence electrons. The average molecular weight is 290 g/mol. The third-order valence-electron chi connectivity index (χ3n) is 3.78. The third kappa shape index (κ3) is 2.91. The fourth-order valence-electron chi connectivity index (χ4n) is 2.74. The minimum atomic E-state index is -0.344. The number of amides is 1. The van der Waals surface area contributed by atoms with Crippen molar-refractivity contribution < 1.29 is 4.79 Å². The van der Waals surface area contributed by atoms with Gasteiger partial charge in [-0.3, -0.25) is 9.69 Å². The summed E-state index contributed by atoms with van der Waals surface area (Å²) in [5.74, 6) is -0.344. The van der Waals surface area contributed by atoms with Crippen molar-refractivity contribution in [2.75, 3.05) is 6.54 Å².